The van der Waals surface area contributed by atoms with E-state index in [9.17, 15) is 9.59 Å². The van der Waals surface area contributed by atoms with Gasteiger partial charge in [-0.1, -0.05) is 30.3 Å². The highest BCUT2D eigenvalue weighted by Crippen LogP contribution is 2.39. The summed E-state index contributed by atoms with van der Waals surface area (Å²) in [4.78, 5) is 25.2. The molecule has 0 bridgehead atoms. The minimum atomic E-state index is -0.308. The van der Waals surface area contributed by atoms with Crippen LogP contribution in [0.2, 0.25) is 0 Å². The van der Waals surface area contributed by atoms with E-state index in [4.69, 9.17) is 14.2 Å². The summed E-state index contributed by atoms with van der Waals surface area (Å²) in [5, 5.41) is 8.65. The van der Waals surface area contributed by atoms with Crippen molar-refractivity contribution in [3.8, 4) is 17.2 Å². The van der Waals surface area contributed by atoms with Crippen LogP contribution < -0.4 is 30.2 Å². The van der Waals surface area contributed by atoms with Gasteiger partial charge < -0.3 is 30.2 Å². The number of anilines is 3. The summed E-state index contributed by atoms with van der Waals surface area (Å²) >= 11 is 0. The largest absolute Gasteiger partial charge is 0.493 e. The SMILES string of the molecule is COc1cc(NC(=O)CNc2ccccc2C(=O)Nc2ccccc2)cc(OC)c1OC. The molecular formula is C24H25N3O5. The van der Waals surface area contributed by atoms with Crippen molar-refractivity contribution in [3.05, 3.63) is 72.3 Å². The number of para-hydroxylation sites is 2. The maximum absolute atomic E-state index is 12.7. The molecule has 8 nitrogen and oxygen atoms in total. The summed E-state index contributed by atoms with van der Waals surface area (Å²) in [6.07, 6.45) is 0. The van der Waals surface area contributed by atoms with Crippen molar-refractivity contribution in [2.45, 2.75) is 0 Å². The van der Waals surface area contributed by atoms with Gasteiger partial charge in [0.1, 0.15) is 0 Å². The van der Waals surface area contributed by atoms with Gasteiger partial charge in [-0.05, 0) is 24.3 Å². The van der Waals surface area contributed by atoms with Crippen LogP contribution in [0.15, 0.2) is 66.7 Å². The molecule has 0 unspecified atom stereocenters. The van der Waals surface area contributed by atoms with Crippen LogP contribution in [0.4, 0.5) is 17.1 Å². The smallest absolute Gasteiger partial charge is 0.257 e. The van der Waals surface area contributed by atoms with Gasteiger partial charge in [0.05, 0.1) is 33.4 Å². The number of nitrogens with one attached hydrogen (secondary N) is 3. The Hall–Kier alpha value is -4.20. The highest BCUT2D eigenvalue weighted by Gasteiger charge is 2.15. The van der Waals surface area contributed by atoms with Gasteiger partial charge in [-0.3, -0.25) is 9.59 Å². The van der Waals surface area contributed by atoms with Gasteiger partial charge in [-0.2, -0.15) is 0 Å². The molecule has 166 valence electrons. The van der Waals surface area contributed by atoms with Crippen molar-refractivity contribution in [1.82, 2.24) is 0 Å². The van der Waals surface area contributed by atoms with Crippen molar-refractivity contribution < 1.29 is 23.8 Å². The third-order valence-corrected chi connectivity index (χ3v) is 4.59. The van der Waals surface area contributed by atoms with E-state index in [-0.39, 0.29) is 18.4 Å². The number of ether oxygens (including phenoxy) is 3. The molecule has 0 saturated heterocycles. The summed E-state index contributed by atoms with van der Waals surface area (Å²) < 4.78 is 15.9. The zero-order valence-electron chi connectivity index (χ0n) is 18.1. The minimum absolute atomic E-state index is 0.0493. The Morgan fingerprint density at radius 3 is 2.00 bits per heavy atom. The van der Waals surface area contributed by atoms with E-state index in [0.29, 0.717) is 39.9 Å². The molecule has 3 rings (SSSR count). The van der Waals surface area contributed by atoms with Crippen LogP contribution in [-0.2, 0) is 4.79 Å². The molecule has 0 aliphatic rings. The van der Waals surface area contributed by atoms with Crippen molar-refractivity contribution in [2.24, 2.45) is 0 Å². The monoisotopic (exact) mass is 435 g/mol. The van der Waals surface area contributed by atoms with Crippen molar-refractivity contribution in [1.29, 1.82) is 0 Å². The quantitative estimate of drug-likeness (QED) is 0.470. The average molecular weight is 435 g/mol. The van der Waals surface area contributed by atoms with Gasteiger partial charge in [0.2, 0.25) is 11.7 Å². The lowest BCUT2D eigenvalue weighted by atomic mass is 10.1. The van der Waals surface area contributed by atoms with Crippen molar-refractivity contribution >= 4 is 28.9 Å². The van der Waals surface area contributed by atoms with E-state index in [1.165, 1.54) is 21.3 Å². The molecule has 0 atom stereocenters. The molecule has 32 heavy (non-hydrogen) atoms. The van der Waals surface area contributed by atoms with E-state index < -0.39 is 0 Å². The second-order valence-corrected chi connectivity index (χ2v) is 6.68. The normalized spacial score (nSPS) is 10.1. The lowest BCUT2D eigenvalue weighted by molar-refractivity contribution is -0.114. The van der Waals surface area contributed by atoms with Gasteiger partial charge in [-0.15, -0.1) is 0 Å². The average Bonchev–Trinajstić information content (AvgIpc) is 2.82. The minimum Gasteiger partial charge on any atom is -0.493 e. The molecule has 0 radical (unpaired) electrons. The number of benzene rings is 3. The van der Waals surface area contributed by atoms with Crippen LogP contribution in [0.3, 0.4) is 0 Å². The van der Waals surface area contributed by atoms with Crippen LogP contribution in [-0.4, -0.2) is 39.7 Å². The molecule has 2 amide bonds. The second kappa shape index (κ2) is 10.7. The summed E-state index contributed by atoms with van der Waals surface area (Å²) in [5.74, 6) is 0.711. The number of rotatable bonds is 9. The van der Waals surface area contributed by atoms with E-state index in [2.05, 4.69) is 16.0 Å². The molecule has 3 N–H and O–H groups in total. The predicted octanol–water partition coefficient (Wildman–Crippen LogP) is 4.02. The number of amides is 2. The van der Waals surface area contributed by atoms with Crippen molar-refractivity contribution in [3.63, 3.8) is 0 Å². The Morgan fingerprint density at radius 2 is 1.38 bits per heavy atom. The van der Waals surface area contributed by atoms with Gasteiger partial charge >= 0.3 is 0 Å². The molecule has 3 aromatic carbocycles. The standard InChI is InChI=1S/C24H25N3O5/c1-30-20-13-17(14-21(31-2)23(20)32-3)26-22(28)15-25-19-12-8-7-11-18(19)24(29)27-16-9-5-4-6-10-16/h4-14,25H,15H2,1-3H3,(H,26,28)(H,27,29). The molecule has 0 aliphatic heterocycles. The summed E-state index contributed by atoms with van der Waals surface area (Å²) in [6, 6.07) is 19.4. The first-order chi connectivity index (χ1) is 15.5. The van der Waals surface area contributed by atoms with E-state index in [1.807, 2.05) is 18.2 Å². The molecule has 0 fully saturated rings. The molecule has 3 aromatic rings. The van der Waals surface area contributed by atoms with Crippen molar-refractivity contribution in [2.75, 3.05) is 43.8 Å². The fraction of sp³-hybridized carbons (Fsp3) is 0.167. The van der Waals surface area contributed by atoms with E-state index >= 15 is 0 Å². The zero-order valence-corrected chi connectivity index (χ0v) is 18.1. The van der Waals surface area contributed by atoms with Crippen LogP contribution in [0, 0.1) is 0 Å². The Morgan fingerprint density at radius 1 is 0.750 bits per heavy atom. The third kappa shape index (κ3) is 5.48. The van der Waals surface area contributed by atoms with E-state index in [1.54, 1.807) is 48.5 Å². The first kappa shape index (κ1) is 22.5. The Bertz CT molecular complexity index is 1060. The fourth-order valence-electron chi connectivity index (χ4n) is 3.09. The van der Waals surface area contributed by atoms with Gasteiger partial charge in [-0.25, -0.2) is 0 Å². The summed E-state index contributed by atoms with van der Waals surface area (Å²) in [7, 11) is 4.51. The lowest BCUT2D eigenvalue weighted by Gasteiger charge is -2.15. The second-order valence-electron chi connectivity index (χ2n) is 6.68. The highest BCUT2D eigenvalue weighted by molar-refractivity contribution is 6.08. The predicted molar refractivity (Wildman–Crippen MR) is 124 cm³/mol. The highest BCUT2D eigenvalue weighted by atomic mass is 16.5. The maximum Gasteiger partial charge on any atom is 0.257 e. The van der Waals surface area contributed by atoms with Gasteiger partial charge in [0.15, 0.2) is 11.5 Å². The summed E-state index contributed by atoms with van der Waals surface area (Å²) in [6.45, 7) is -0.0493. The van der Waals surface area contributed by atoms with Gasteiger partial charge in [0, 0.05) is 29.2 Å². The number of methoxy groups -OCH3 is 3. The lowest BCUT2D eigenvalue weighted by Crippen LogP contribution is -2.23. The Balaban J connectivity index is 1.67. The molecule has 0 saturated carbocycles. The van der Waals surface area contributed by atoms with Crippen LogP contribution in [0.1, 0.15) is 10.4 Å². The van der Waals surface area contributed by atoms with Crippen LogP contribution in [0.25, 0.3) is 0 Å². The number of hydrogen-bond acceptors (Lipinski definition) is 6. The Labute approximate surface area is 186 Å². The molecule has 0 aromatic heterocycles. The van der Waals surface area contributed by atoms with Gasteiger partial charge in [0.25, 0.3) is 5.91 Å². The topological polar surface area (TPSA) is 97.9 Å². The van der Waals surface area contributed by atoms with Crippen LogP contribution >= 0.6 is 0 Å². The number of hydrogen-bond donors (Lipinski definition) is 3. The van der Waals surface area contributed by atoms with E-state index in [0.717, 1.165) is 0 Å². The molecule has 8 heteroatoms. The number of carbonyl (C=O) groups is 2. The molecular weight excluding hydrogens is 410 g/mol. The maximum atomic E-state index is 12.7. The third-order valence-electron chi connectivity index (χ3n) is 4.59. The first-order valence-corrected chi connectivity index (χ1v) is 9.85. The molecule has 0 aliphatic carbocycles. The zero-order chi connectivity index (χ0) is 22.9. The Kier molecular flexibility index (Phi) is 7.53. The van der Waals surface area contributed by atoms with Crippen LogP contribution in [0.5, 0.6) is 17.2 Å². The molecule has 0 heterocycles. The first-order valence-electron chi connectivity index (χ1n) is 9.85. The molecule has 0 spiro atoms. The fourth-order valence-corrected chi connectivity index (χ4v) is 3.09. The number of carbonyl (C=O) groups excluding carboxylic acids is 2. The summed E-state index contributed by atoms with van der Waals surface area (Å²) in [5.41, 5.74) is 2.15.